The molecule has 1 saturated heterocycles. The van der Waals surface area contributed by atoms with E-state index in [9.17, 15) is 23.2 Å². The molecule has 1 aromatic rings. The highest BCUT2D eigenvalue weighted by Crippen LogP contribution is 2.37. The van der Waals surface area contributed by atoms with Crippen molar-refractivity contribution in [2.45, 2.75) is 45.7 Å². The van der Waals surface area contributed by atoms with E-state index in [-0.39, 0.29) is 29.8 Å². The number of likely N-dealkylation sites (tertiary alicyclic amines) is 1. The number of imide groups is 1. The minimum atomic E-state index is -0.922. The molecule has 3 atom stereocenters. The van der Waals surface area contributed by atoms with Gasteiger partial charge in [-0.25, -0.2) is 8.78 Å². The first kappa shape index (κ1) is 21.1. The van der Waals surface area contributed by atoms with E-state index >= 15 is 0 Å². The zero-order valence-electron chi connectivity index (χ0n) is 16.9. The second kappa shape index (κ2) is 8.43. The molecule has 0 radical (unpaired) electrons. The molecule has 0 aromatic heterocycles. The van der Waals surface area contributed by atoms with E-state index in [1.165, 1.54) is 18.0 Å². The van der Waals surface area contributed by atoms with Gasteiger partial charge in [0.25, 0.3) is 0 Å². The van der Waals surface area contributed by atoms with Crippen LogP contribution in [0.1, 0.15) is 38.7 Å². The van der Waals surface area contributed by atoms with E-state index in [1.807, 2.05) is 26.0 Å². The molecule has 1 fully saturated rings. The number of hydrogen-bond acceptors (Lipinski definition) is 3. The van der Waals surface area contributed by atoms with Crippen LogP contribution in [0.25, 0.3) is 0 Å². The van der Waals surface area contributed by atoms with Crippen molar-refractivity contribution < 1.29 is 23.2 Å². The standard InChI is InChI=1S/C22H26F2N2O3/c1-13(2)10-19(26-20(27)16-6-4-5-7-17(16)21(26)28)22(29)25(3)12-14-8-9-15(23)11-18(14)24/h4-5,8-9,11,13,16-17,19H,6-7,10,12H2,1-3H3. The number of amides is 3. The summed E-state index contributed by atoms with van der Waals surface area (Å²) < 4.78 is 27.2. The van der Waals surface area contributed by atoms with Gasteiger partial charge >= 0.3 is 0 Å². The average Bonchev–Trinajstić information content (AvgIpc) is 2.92. The van der Waals surface area contributed by atoms with Crippen LogP contribution in [0.15, 0.2) is 30.4 Å². The normalized spacial score (nSPS) is 22.2. The highest BCUT2D eigenvalue weighted by atomic mass is 19.1. The number of carbonyl (C=O) groups is 3. The van der Waals surface area contributed by atoms with Crippen LogP contribution in [0.3, 0.4) is 0 Å². The lowest BCUT2D eigenvalue weighted by Gasteiger charge is -2.31. The van der Waals surface area contributed by atoms with Gasteiger partial charge in [0.1, 0.15) is 17.7 Å². The minimum absolute atomic E-state index is 0.0706. The molecule has 1 heterocycles. The summed E-state index contributed by atoms with van der Waals surface area (Å²) in [6.07, 6.45) is 5.15. The quantitative estimate of drug-likeness (QED) is 0.540. The van der Waals surface area contributed by atoms with Crippen LogP contribution in [-0.4, -0.2) is 40.6 Å². The molecule has 0 spiro atoms. The SMILES string of the molecule is CC(C)CC(C(=O)N(C)Cc1ccc(F)cc1F)N1C(=O)C2CC=CCC2C1=O. The fourth-order valence-electron chi connectivity index (χ4n) is 4.13. The maximum Gasteiger partial charge on any atom is 0.245 e. The first-order valence-corrected chi connectivity index (χ1v) is 9.91. The van der Waals surface area contributed by atoms with Crippen molar-refractivity contribution in [3.05, 3.63) is 47.5 Å². The minimum Gasteiger partial charge on any atom is -0.340 e. The molecule has 1 aliphatic carbocycles. The Morgan fingerprint density at radius 2 is 1.72 bits per heavy atom. The van der Waals surface area contributed by atoms with Gasteiger partial charge in [0.2, 0.25) is 17.7 Å². The van der Waals surface area contributed by atoms with E-state index in [4.69, 9.17) is 0 Å². The van der Waals surface area contributed by atoms with Crippen LogP contribution in [-0.2, 0) is 20.9 Å². The lowest BCUT2D eigenvalue weighted by Crippen LogP contribution is -2.51. The third-order valence-electron chi connectivity index (χ3n) is 5.63. The van der Waals surface area contributed by atoms with Gasteiger partial charge in [0.05, 0.1) is 11.8 Å². The van der Waals surface area contributed by atoms with Gasteiger partial charge in [-0.15, -0.1) is 0 Å². The molecule has 2 aliphatic rings. The molecule has 3 unspecified atom stereocenters. The van der Waals surface area contributed by atoms with Gasteiger partial charge in [0, 0.05) is 25.2 Å². The second-order valence-corrected chi connectivity index (χ2v) is 8.28. The van der Waals surface area contributed by atoms with Gasteiger partial charge in [0.15, 0.2) is 0 Å². The molecule has 0 N–H and O–H groups in total. The number of fused-ring (bicyclic) bond motifs is 1. The van der Waals surface area contributed by atoms with Crippen molar-refractivity contribution >= 4 is 17.7 Å². The van der Waals surface area contributed by atoms with Gasteiger partial charge in [-0.1, -0.05) is 32.1 Å². The van der Waals surface area contributed by atoms with Crippen LogP contribution < -0.4 is 0 Å². The summed E-state index contributed by atoms with van der Waals surface area (Å²) in [4.78, 5) is 41.5. The van der Waals surface area contributed by atoms with E-state index in [2.05, 4.69) is 0 Å². The molecular weight excluding hydrogens is 378 g/mol. The number of likely N-dealkylation sites (N-methyl/N-ethyl adjacent to an activating group) is 1. The Labute approximate surface area is 169 Å². The number of carbonyl (C=O) groups excluding carboxylic acids is 3. The smallest absolute Gasteiger partial charge is 0.245 e. The predicted octanol–water partition coefficient (Wildman–Crippen LogP) is 3.29. The molecule has 1 aliphatic heterocycles. The Kier molecular flexibility index (Phi) is 6.15. The van der Waals surface area contributed by atoms with E-state index in [0.717, 1.165) is 17.0 Å². The van der Waals surface area contributed by atoms with E-state index in [1.54, 1.807) is 0 Å². The predicted molar refractivity (Wildman–Crippen MR) is 103 cm³/mol. The van der Waals surface area contributed by atoms with E-state index in [0.29, 0.717) is 19.3 Å². The number of halogens is 2. The first-order chi connectivity index (χ1) is 13.7. The molecule has 0 bridgehead atoms. The molecule has 3 rings (SSSR count). The number of hydrogen-bond donors (Lipinski definition) is 0. The number of allylic oxidation sites excluding steroid dienone is 2. The monoisotopic (exact) mass is 404 g/mol. The zero-order valence-corrected chi connectivity index (χ0v) is 16.9. The van der Waals surface area contributed by atoms with Gasteiger partial charge in [-0.2, -0.15) is 0 Å². The van der Waals surface area contributed by atoms with Crippen molar-refractivity contribution in [1.82, 2.24) is 9.80 Å². The van der Waals surface area contributed by atoms with E-state index < -0.39 is 35.4 Å². The van der Waals surface area contributed by atoms with Crippen molar-refractivity contribution in [1.29, 1.82) is 0 Å². The summed E-state index contributed by atoms with van der Waals surface area (Å²) in [5.41, 5.74) is 0.169. The third kappa shape index (κ3) is 4.23. The van der Waals surface area contributed by atoms with Gasteiger partial charge in [-0.05, 0) is 31.2 Å². The number of nitrogens with zero attached hydrogens (tertiary/aromatic N) is 2. The van der Waals surface area contributed by atoms with Crippen molar-refractivity contribution in [3.8, 4) is 0 Å². The summed E-state index contributed by atoms with van der Waals surface area (Å²) in [6.45, 7) is 3.75. The van der Waals surface area contributed by atoms with Crippen LogP contribution >= 0.6 is 0 Å². The fourth-order valence-corrected chi connectivity index (χ4v) is 4.13. The maximum atomic E-state index is 14.0. The van der Waals surface area contributed by atoms with Gasteiger partial charge in [-0.3, -0.25) is 19.3 Å². The Balaban J connectivity index is 1.83. The second-order valence-electron chi connectivity index (χ2n) is 8.28. The molecule has 1 aromatic carbocycles. The highest BCUT2D eigenvalue weighted by Gasteiger charge is 2.51. The van der Waals surface area contributed by atoms with Crippen LogP contribution in [0.5, 0.6) is 0 Å². The summed E-state index contributed by atoms with van der Waals surface area (Å²) in [7, 11) is 1.50. The summed E-state index contributed by atoms with van der Waals surface area (Å²) in [6, 6.07) is 2.27. The Morgan fingerprint density at radius 3 is 2.24 bits per heavy atom. The Bertz CT molecular complexity index is 826. The largest absolute Gasteiger partial charge is 0.340 e. The number of rotatable bonds is 6. The molecular formula is C22H26F2N2O3. The lowest BCUT2D eigenvalue weighted by molar-refractivity contribution is -0.152. The van der Waals surface area contributed by atoms with Gasteiger partial charge < -0.3 is 4.90 Å². The maximum absolute atomic E-state index is 14.0. The summed E-state index contributed by atoms with van der Waals surface area (Å²) in [5, 5.41) is 0. The molecule has 5 nitrogen and oxygen atoms in total. The Morgan fingerprint density at radius 1 is 1.14 bits per heavy atom. The summed E-state index contributed by atoms with van der Waals surface area (Å²) in [5.74, 6) is -3.20. The highest BCUT2D eigenvalue weighted by molar-refractivity contribution is 6.08. The van der Waals surface area contributed by atoms with Crippen molar-refractivity contribution in [3.63, 3.8) is 0 Å². The first-order valence-electron chi connectivity index (χ1n) is 9.91. The van der Waals surface area contributed by atoms with Crippen molar-refractivity contribution in [2.24, 2.45) is 17.8 Å². The molecule has 0 saturated carbocycles. The summed E-state index contributed by atoms with van der Waals surface area (Å²) >= 11 is 0. The van der Waals surface area contributed by atoms with Crippen LogP contribution in [0.2, 0.25) is 0 Å². The Hall–Kier alpha value is -2.57. The zero-order chi connectivity index (χ0) is 21.3. The molecule has 7 heteroatoms. The van der Waals surface area contributed by atoms with Crippen molar-refractivity contribution in [2.75, 3.05) is 7.05 Å². The molecule has 156 valence electrons. The molecule has 29 heavy (non-hydrogen) atoms. The molecule has 3 amide bonds. The lowest BCUT2D eigenvalue weighted by atomic mass is 9.85. The van der Waals surface area contributed by atoms with Crippen LogP contribution in [0, 0.1) is 29.4 Å². The topological polar surface area (TPSA) is 57.7 Å². The third-order valence-corrected chi connectivity index (χ3v) is 5.63. The number of benzene rings is 1. The van der Waals surface area contributed by atoms with Crippen LogP contribution in [0.4, 0.5) is 8.78 Å². The average molecular weight is 404 g/mol. The fraction of sp³-hybridized carbons (Fsp3) is 0.500.